The van der Waals surface area contributed by atoms with Crippen LogP contribution in [0.15, 0.2) is 73.1 Å². The molecule has 1 saturated carbocycles. The quantitative estimate of drug-likeness (QED) is 0.141. The standard InChI is InChI=1S/C38H41Cl2N3O6S/c1-43-15-13-27(14-16-43)48-37(45)38(25-7-5-4-6-8-25)19-26(20-38)42-21-28-10-12-35(50-28)36(44)49-33(18-29-30(39)22-41-23-31(29)40)24-9-11-32(46-2)34(17-24)47-3/h4-12,17,22-23,26-27,33,42H,13-16,18-21H2,1-3H3/t26?,33-,38?/m0/s1. The summed E-state index contributed by atoms with van der Waals surface area (Å²) in [5.41, 5.74) is 1.65. The number of hydrogen-bond acceptors (Lipinski definition) is 10. The van der Waals surface area contributed by atoms with Crippen LogP contribution in [0.5, 0.6) is 11.5 Å². The van der Waals surface area contributed by atoms with Crippen LogP contribution in [-0.4, -0.2) is 68.3 Å². The van der Waals surface area contributed by atoms with E-state index in [9.17, 15) is 9.59 Å². The Morgan fingerprint density at radius 3 is 2.36 bits per heavy atom. The van der Waals surface area contributed by atoms with Crippen LogP contribution in [0.4, 0.5) is 0 Å². The van der Waals surface area contributed by atoms with Crippen molar-refractivity contribution < 1.29 is 28.5 Å². The van der Waals surface area contributed by atoms with Crippen LogP contribution in [0.25, 0.3) is 0 Å². The van der Waals surface area contributed by atoms with Crippen molar-refractivity contribution in [2.24, 2.45) is 0 Å². The fourth-order valence-corrected chi connectivity index (χ4v) is 8.04. The predicted molar refractivity (Wildman–Crippen MR) is 195 cm³/mol. The van der Waals surface area contributed by atoms with Crippen LogP contribution in [0.2, 0.25) is 10.0 Å². The van der Waals surface area contributed by atoms with E-state index in [1.165, 1.54) is 23.7 Å². The minimum atomic E-state index is -0.723. The van der Waals surface area contributed by atoms with E-state index in [1.54, 1.807) is 32.4 Å². The molecule has 0 spiro atoms. The number of methoxy groups -OCH3 is 2. The lowest BCUT2D eigenvalue weighted by Crippen LogP contribution is -2.57. The molecular formula is C38H41Cl2N3O6S. The normalized spacial score (nSPS) is 20.1. The van der Waals surface area contributed by atoms with Crippen molar-refractivity contribution in [2.75, 3.05) is 34.4 Å². The van der Waals surface area contributed by atoms with Crippen LogP contribution in [0.3, 0.4) is 0 Å². The first kappa shape index (κ1) is 36.1. The molecule has 12 heteroatoms. The van der Waals surface area contributed by atoms with Gasteiger partial charge in [0.25, 0.3) is 0 Å². The Hall–Kier alpha value is -3.67. The van der Waals surface area contributed by atoms with Gasteiger partial charge in [-0.25, -0.2) is 4.79 Å². The first-order chi connectivity index (χ1) is 24.2. The number of piperidine rings is 1. The Morgan fingerprint density at radius 1 is 0.980 bits per heavy atom. The van der Waals surface area contributed by atoms with Gasteiger partial charge in [0.1, 0.15) is 17.1 Å². The molecule has 9 nitrogen and oxygen atoms in total. The van der Waals surface area contributed by atoms with Gasteiger partial charge in [0, 0.05) is 49.4 Å². The van der Waals surface area contributed by atoms with E-state index in [2.05, 4.69) is 22.2 Å². The van der Waals surface area contributed by atoms with Crippen LogP contribution in [0.1, 0.15) is 63.0 Å². The third-order valence-electron chi connectivity index (χ3n) is 9.64. The minimum absolute atomic E-state index is 0.0411. The molecule has 0 bridgehead atoms. The molecule has 3 heterocycles. The van der Waals surface area contributed by atoms with Crippen LogP contribution < -0.4 is 14.8 Å². The second kappa shape index (κ2) is 16.1. The number of hydrogen-bond donors (Lipinski definition) is 1. The number of likely N-dealkylation sites (tertiary alicyclic amines) is 1. The van der Waals surface area contributed by atoms with E-state index >= 15 is 0 Å². The zero-order valence-corrected chi connectivity index (χ0v) is 30.7. The van der Waals surface area contributed by atoms with Crippen LogP contribution in [0, 0.1) is 0 Å². The summed E-state index contributed by atoms with van der Waals surface area (Å²) in [5.74, 6) is 0.463. The van der Waals surface area contributed by atoms with Crippen LogP contribution in [-0.2, 0) is 32.6 Å². The van der Waals surface area contributed by atoms with Gasteiger partial charge in [-0.1, -0.05) is 59.6 Å². The lowest BCUT2D eigenvalue weighted by atomic mass is 9.61. The highest BCUT2D eigenvalue weighted by Crippen LogP contribution is 2.46. The number of benzene rings is 2. The average Bonchev–Trinajstić information content (AvgIpc) is 3.59. The Kier molecular flexibility index (Phi) is 11.7. The lowest BCUT2D eigenvalue weighted by Gasteiger charge is -2.47. The summed E-state index contributed by atoms with van der Waals surface area (Å²) in [4.78, 5) is 35.0. The SMILES string of the molecule is COc1ccc([C@H](Cc2c(Cl)cncc2Cl)OC(=O)c2ccc(CNC3CC(C(=O)OC4CCN(C)CC4)(c4ccccc4)C3)s2)cc1OC. The summed E-state index contributed by atoms with van der Waals surface area (Å²) < 4.78 is 23.1. The molecular weight excluding hydrogens is 697 g/mol. The Labute approximate surface area is 306 Å². The number of thiophene rings is 1. The van der Waals surface area contributed by atoms with Crippen molar-refractivity contribution in [3.63, 3.8) is 0 Å². The Bertz CT molecular complexity index is 1770. The van der Waals surface area contributed by atoms with Gasteiger partial charge >= 0.3 is 11.9 Å². The third kappa shape index (κ3) is 8.11. The second-order valence-electron chi connectivity index (χ2n) is 12.9. The third-order valence-corrected chi connectivity index (χ3v) is 11.4. The van der Waals surface area contributed by atoms with Gasteiger partial charge in [-0.05, 0) is 73.7 Å². The maximum Gasteiger partial charge on any atom is 0.348 e. The number of pyridine rings is 1. The van der Waals surface area contributed by atoms with Crippen molar-refractivity contribution in [3.05, 3.63) is 110 Å². The fourth-order valence-electron chi connectivity index (χ4n) is 6.68. The van der Waals surface area contributed by atoms with E-state index in [1.807, 2.05) is 42.5 Å². The summed E-state index contributed by atoms with van der Waals surface area (Å²) in [5, 5.41) is 4.36. The van der Waals surface area contributed by atoms with E-state index in [-0.39, 0.29) is 24.5 Å². The summed E-state index contributed by atoms with van der Waals surface area (Å²) >= 11 is 14.3. The number of aromatic nitrogens is 1. The largest absolute Gasteiger partial charge is 0.493 e. The maximum absolute atomic E-state index is 13.7. The zero-order chi connectivity index (χ0) is 35.3. The molecule has 1 N–H and O–H groups in total. The number of nitrogens with zero attached hydrogens (tertiary/aromatic N) is 2. The van der Waals surface area contributed by atoms with Crippen molar-refractivity contribution in [2.45, 2.75) is 62.3 Å². The van der Waals surface area contributed by atoms with Gasteiger partial charge in [-0.15, -0.1) is 11.3 Å². The number of carbonyl (C=O) groups is 2. The monoisotopic (exact) mass is 737 g/mol. The summed E-state index contributed by atoms with van der Waals surface area (Å²) in [7, 11) is 5.21. The molecule has 1 atom stereocenters. The molecule has 4 aromatic rings. The van der Waals surface area contributed by atoms with E-state index in [4.69, 9.17) is 42.1 Å². The highest BCUT2D eigenvalue weighted by Gasteiger charge is 2.53. The summed E-state index contributed by atoms with van der Waals surface area (Å²) in [6.45, 7) is 2.42. The molecule has 2 fully saturated rings. The highest BCUT2D eigenvalue weighted by molar-refractivity contribution is 7.13. The van der Waals surface area contributed by atoms with Crippen molar-refractivity contribution >= 4 is 46.5 Å². The molecule has 50 heavy (non-hydrogen) atoms. The zero-order valence-electron chi connectivity index (χ0n) is 28.3. The summed E-state index contributed by atoms with van der Waals surface area (Å²) in [6.07, 6.45) is 5.51. The fraction of sp³-hybridized carbons (Fsp3) is 0.395. The molecule has 0 radical (unpaired) electrons. The van der Waals surface area contributed by atoms with Gasteiger partial charge in [0.05, 0.1) is 29.7 Å². The molecule has 1 aliphatic carbocycles. The number of carbonyl (C=O) groups excluding carboxylic acids is 2. The minimum Gasteiger partial charge on any atom is -0.493 e. The van der Waals surface area contributed by atoms with E-state index < -0.39 is 17.5 Å². The Morgan fingerprint density at radius 2 is 1.68 bits per heavy atom. The molecule has 1 aliphatic heterocycles. The predicted octanol–water partition coefficient (Wildman–Crippen LogP) is 7.44. The molecule has 0 amide bonds. The number of halogens is 2. The lowest BCUT2D eigenvalue weighted by molar-refractivity contribution is -0.163. The molecule has 1 saturated heterocycles. The summed E-state index contributed by atoms with van der Waals surface area (Å²) in [6, 6.07) is 19.2. The maximum atomic E-state index is 13.7. The molecule has 2 aliphatic rings. The first-order valence-electron chi connectivity index (χ1n) is 16.7. The van der Waals surface area contributed by atoms with Gasteiger partial charge < -0.3 is 29.2 Å². The van der Waals surface area contributed by atoms with Gasteiger partial charge in [-0.3, -0.25) is 9.78 Å². The topological polar surface area (TPSA) is 99.2 Å². The molecule has 2 aromatic heterocycles. The number of ether oxygens (including phenoxy) is 4. The number of rotatable bonds is 13. The van der Waals surface area contributed by atoms with Gasteiger partial charge in [0.15, 0.2) is 11.5 Å². The van der Waals surface area contributed by atoms with Crippen LogP contribution >= 0.6 is 34.5 Å². The van der Waals surface area contributed by atoms with Crippen molar-refractivity contribution in [1.82, 2.24) is 15.2 Å². The van der Waals surface area contributed by atoms with E-state index in [0.717, 1.165) is 36.4 Å². The number of nitrogens with one attached hydrogen (secondary N) is 1. The Balaban J connectivity index is 1.11. The van der Waals surface area contributed by atoms with E-state index in [0.29, 0.717) is 56.9 Å². The van der Waals surface area contributed by atoms with Crippen molar-refractivity contribution in [3.8, 4) is 11.5 Å². The second-order valence-corrected chi connectivity index (χ2v) is 14.9. The molecule has 264 valence electrons. The van der Waals surface area contributed by atoms with Crippen molar-refractivity contribution in [1.29, 1.82) is 0 Å². The number of esters is 2. The average molecular weight is 739 g/mol. The van der Waals surface area contributed by atoms with Gasteiger partial charge in [0.2, 0.25) is 0 Å². The molecule has 6 rings (SSSR count). The smallest absolute Gasteiger partial charge is 0.348 e. The molecule has 2 aromatic carbocycles. The van der Waals surface area contributed by atoms with Gasteiger partial charge in [-0.2, -0.15) is 0 Å². The molecule has 0 unspecified atom stereocenters. The first-order valence-corrected chi connectivity index (χ1v) is 18.2. The highest BCUT2D eigenvalue weighted by atomic mass is 35.5.